The Bertz CT molecular complexity index is 464. The van der Waals surface area contributed by atoms with Crippen LogP contribution in [-0.2, 0) is 5.88 Å². The second-order valence-electron chi connectivity index (χ2n) is 3.16. The summed E-state index contributed by atoms with van der Waals surface area (Å²) < 4.78 is 5.21. The van der Waals surface area contributed by atoms with Crippen LogP contribution in [0.1, 0.15) is 11.4 Å². The van der Waals surface area contributed by atoms with Crippen LogP contribution in [0, 0.1) is 6.92 Å². The normalized spacial score (nSPS) is 10.8. The van der Waals surface area contributed by atoms with E-state index in [-0.39, 0.29) is 0 Å². The number of rotatable bonds is 2. The van der Waals surface area contributed by atoms with Crippen molar-refractivity contribution in [3.8, 4) is 5.75 Å². The lowest BCUT2D eigenvalue weighted by molar-refractivity contribution is 0.412. The lowest BCUT2D eigenvalue weighted by Gasteiger charge is -2.02. The zero-order valence-corrected chi connectivity index (χ0v) is 8.85. The first kappa shape index (κ1) is 9.34. The monoisotopic (exact) mass is 210 g/mol. The number of hydrogen-bond acceptors (Lipinski definition) is 2. The standard InChI is InChI=1S/C10H11ClN2O/c1-6-3-7-8(4-9(6)14-2)13-10(5-11)12-7/h3-4H,5H2,1-2H3,(H,12,13). The highest BCUT2D eigenvalue weighted by Crippen LogP contribution is 2.23. The summed E-state index contributed by atoms with van der Waals surface area (Å²) >= 11 is 5.69. The van der Waals surface area contributed by atoms with Gasteiger partial charge >= 0.3 is 0 Å². The minimum absolute atomic E-state index is 0.399. The largest absolute Gasteiger partial charge is 0.496 e. The van der Waals surface area contributed by atoms with Crippen molar-refractivity contribution in [2.45, 2.75) is 12.8 Å². The van der Waals surface area contributed by atoms with Gasteiger partial charge in [0.15, 0.2) is 0 Å². The van der Waals surface area contributed by atoms with E-state index < -0.39 is 0 Å². The number of benzene rings is 1. The third-order valence-corrected chi connectivity index (χ3v) is 2.43. The van der Waals surface area contributed by atoms with E-state index in [4.69, 9.17) is 16.3 Å². The van der Waals surface area contributed by atoms with E-state index in [9.17, 15) is 0 Å². The molecule has 0 radical (unpaired) electrons. The molecule has 0 saturated carbocycles. The molecule has 0 atom stereocenters. The number of H-pyrrole nitrogens is 1. The molecule has 0 bridgehead atoms. The summed E-state index contributed by atoms with van der Waals surface area (Å²) in [6.07, 6.45) is 0. The van der Waals surface area contributed by atoms with Crippen LogP contribution >= 0.6 is 11.6 Å². The van der Waals surface area contributed by atoms with E-state index in [0.717, 1.165) is 28.2 Å². The number of nitrogens with one attached hydrogen (secondary N) is 1. The van der Waals surface area contributed by atoms with Crippen LogP contribution in [0.15, 0.2) is 12.1 Å². The quantitative estimate of drug-likeness (QED) is 0.774. The number of fused-ring (bicyclic) bond motifs is 1. The van der Waals surface area contributed by atoms with Crippen LogP contribution in [0.4, 0.5) is 0 Å². The molecule has 3 nitrogen and oxygen atoms in total. The lowest BCUT2D eigenvalue weighted by atomic mass is 10.2. The summed E-state index contributed by atoms with van der Waals surface area (Å²) in [5.41, 5.74) is 2.98. The maximum absolute atomic E-state index is 5.69. The molecule has 2 rings (SSSR count). The molecule has 0 fully saturated rings. The van der Waals surface area contributed by atoms with Gasteiger partial charge < -0.3 is 9.72 Å². The predicted octanol–water partition coefficient (Wildman–Crippen LogP) is 2.62. The molecule has 0 spiro atoms. The van der Waals surface area contributed by atoms with Crippen LogP contribution in [-0.4, -0.2) is 17.1 Å². The van der Waals surface area contributed by atoms with Gasteiger partial charge in [-0.2, -0.15) is 0 Å². The number of ether oxygens (including phenoxy) is 1. The Labute approximate surface area is 87.1 Å². The SMILES string of the molecule is COc1cc2nc(CCl)[nH]c2cc1C. The number of halogens is 1. The summed E-state index contributed by atoms with van der Waals surface area (Å²) in [5.74, 6) is 2.04. The summed E-state index contributed by atoms with van der Waals surface area (Å²) in [4.78, 5) is 7.45. The number of aromatic amines is 1. The number of aromatic nitrogens is 2. The Morgan fingerprint density at radius 3 is 2.93 bits per heavy atom. The molecule has 14 heavy (non-hydrogen) atoms. The number of methoxy groups -OCH3 is 1. The van der Waals surface area contributed by atoms with Crippen LogP contribution in [0.5, 0.6) is 5.75 Å². The number of nitrogens with zero attached hydrogens (tertiary/aromatic N) is 1. The molecule has 1 heterocycles. The molecule has 1 aromatic carbocycles. The molecule has 0 saturated heterocycles. The topological polar surface area (TPSA) is 37.9 Å². The zero-order chi connectivity index (χ0) is 10.1. The van der Waals surface area contributed by atoms with Crippen molar-refractivity contribution < 1.29 is 4.74 Å². The molecule has 1 N–H and O–H groups in total. The molecule has 74 valence electrons. The maximum Gasteiger partial charge on any atom is 0.124 e. The fourth-order valence-corrected chi connectivity index (χ4v) is 1.61. The van der Waals surface area contributed by atoms with Crippen LogP contribution in [0.25, 0.3) is 11.0 Å². The Balaban J connectivity index is 2.64. The molecule has 2 aromatic rings. The molecule has 0 aliphatic carbocycles. The molecule has 1 aromatic heterocycles. The van der Waals surface area contributed by atoms with Gasteiger partial charge in [0.25, 0.3) is 0 Å². The molecular formula is C10H11ClN2O. The van der Waals surface area contributed by atoms with Gasteiger partial charge in [0.05, 0.1) is 24.0 Å². The molecule has 0 amide bonds. The van der Waals surface area contributed by atoms with Gasteiger partial charge in [0.2, 0.25) is 0 Å². The van der Waals surface area contributed by atoms with E-state index >= 15 is 0 Å². The third kappa shape index (κ3) is 1.44. The van der Waals surface area contributed by atoms with Crippen molar-refractivity contribution in [3.63, 3.8) is 0 Å². The number of hydrogen-bond donors (Lipinski definition) is 1. The molecular weight excluding hydrogens is 200 g/mol. The van der Waals surface area contributed by atoms with Crippen LogP contribution in [0.2, 0.25) is 0 Å². The van der Waals surface area contributed by atoms with Gasteiger partial charge in [-0.1, -0.05) is 0 Å². The predicted molar refractivity (Wildman–Crippen MR) is 56.9 cm³/mol. The minimum Gasteiger partial charge on any atom is -0.496 e. The first-order valence-electron chi connectivity index (χ1n) is 4.34. The molecule has 0 aliphatic heterocycles. The highest BCUT2D eigenvalue weighted by molar-refractivity contribution is 6.16. The van der Waals surface area contributed by atoms with E-state index in [1.54, 1.807) is 7.11 Å². The summed E-state index contributed by atoms with van der Waals surface area (Å²) in [5, 5.41) is 0. The van der Waals surface area contributed by atoms with Gasteiger partial charge in [-0.05, 0) is 18.6 Å². The van der Waals surface area contributed by atoms with Crippen molar-refractivity contribution in [2.24, 2.45) is 0 Å². The Morgan fingerprint density at radius 2 is 2.29 bits per heavy atom. The second-order valence-corrected chi connectivity index (χ2v) is 3.42. The Morgan fingerprint density at radius 1 is 1.50 bits per heavy atom. The maximum atomic E-state index is 5.69. The van der Waals surface area contributed by atoms with Gasteiger partial charge in [0, 0.05) is 6.07 Å². The Hall–Kier alpha value is -1.22. The fourth-order valence-electron chi connectivity index (χ4n) is 1.48. The molecule has 4 heteroatoms. The molecule has 0 aliphatic rings. The van der Waals surface area contributed by atoms with E-state index in [2.05, 4.69) is 9.97 Å². The number of alkyl halides is 1. The van der Waals surface area contributed by atoms with Gasteiger partial charge in [0.1, 0.15) is 11.6 Å². The highest BCUT2D eigenvalue weighted by atomic mass is 35.5. The average Bonchev–Trinajstić information content (AvgIpc) is 2.58. The first-order valence-corrected chi connectivity index (χ1v) is 4.87. The van der Waals surface area contributed by atoms with E-state index in [0.29, 0.717) is 5.88 Å². The van der Waals surface area contributed by atoms with E-state index in [1.165, 1.54) is 0 Å². The number of imidazole rings is 1. The van der Waals surface area contributed by atoms with Crippen molar-refractivity contribution >= 4 is 22.6 Å². The minimum atomic E-state index is 0.399. The lowest BCUT2D eigenvalue weighted by Crippen LogP contribution is -1.86. The summed E-state index contributed by atoms with van der Waals surface area (Å²) in [7, 11) is 1.66. The van der Waals surface area contributed by atoms with Gasteiger partial charge in [-0.25, -0.2) is 4.98 Å². The van der Waals surface area contributed by atoms with Gasteiger partial charge in [-0.15, -0.1) is 11.6 Å². The van der Waals surface area contributed by atoms with Crippen LogP contribution < -0.4 is 4.74 Å². The Kier molecular flexibility index (Phi) is 2.33. The van der Waals surface area contributed by atoms with Crippen LogP contribution in [0.3, 0.4) is 0 Å². The summed E-state index contributed by atoms with van der Waals surface area (Å²) in [6, 6.07) is 3.93. The fraction of sp³-hybridized carbons (Fsp3) is 0.300. The van der Waals surface area contributed by atoms with Crippen molar-refractivity contribution in [1.82, 2.24) is 9.97 Å². The summed E-state index contributed by atoms with van der Waals surface area (Å²) in [6.45, 7) is 2.00. The molecule has 0 unspecified atom stereocenters. The van der Waals surface area contributed by atoms with Crippen molar-refractivity contribution in [1.29, 1.82) is 0 Å². The van der Waals surface area contributed by atoms with Crippen molar-refractivity contribution in [3.05, 3.63) is 23.5 Å². The first-order chi connectivity index (χ1) is 6.74. The van der Waals surface area contributed by atoms with E-state index in [1.807, 2.05) is 19.1 Å². The number of aryl methyl sites for hydroxylation is 1. The smallest absolute Gasteiger partial charge is 0.124 e. The average molecular weight is 211 g/mol. The third-order valence-electron chi connectivity index (χ3n) is 2.17. The zero-order valence-electron chi connectivity index (χ0n) is 8.10. The second kappa shape index (κ2) is 3.50. The highest BCUT2D eigenvalue weighted by Gasteiger charge is 2.05. The van der Waals surface area contributed by atoms with Crippen molar-refractivity contribution in [2.75, 3.05) is 7.11 Å². The van der Waals surface area contributed by atoms with Gasteiger partial charge in [-0.3, -0.25) is 0 Å².